The Balaban J connectivity index is 1.82. The Hall–Kier alpha value is -1.41. The molecule has 0 fully saturated rings. The number of carbonyl (C=O) groups excluding carboxylic acids is 1. The first-order valence-corrected chi connectivity index (χ1v) is 10.5. The number of fused-ring (bicyclic) bond motifs is 1. The lowest BCUT2D eigenvalue weighted by molar-refractivity contribution is -0.118. The Morgan fingerprint density at radius 3 is 2.76 bits per heavy atom. The molecule has 8 heteroatoms. The maximum Gasteiger partial charge on any atom is 0.252 e. The molecule has 5 nitrogen and oxygen atoms in total. The number of hydrogen-bond donors (Lipinski definition) is 0. The molecule has 0 unspecified atom stereocenters. The number of benzene rings is 1. The minimum Gasteiger partial charge on any atom is -0.311 e. The van der Waals surface area contributed by atoms with E-state index in [1.54, 1.807) is 11.0 Å². The molecule has 2 heterocycles. The number of sulfonamides is 1. The summed E-state index contributed by atoms with van der Waals surface area (Å²) in [7, 11) is -2.30. The van der Waals surface area contributed by atoms with Crippen molar-refractivity contribution in [2.75, 3.05) is 25.0 Å². The standard InChI is InChI=1S/C17H19ClN2O3S2/c1-12-5-3-6-13-7-4-10-20(17(12)13)15(21)11-19(2)25(22,23)16-9-8-14(18)24-16/h3,5-6,8-9H,4,7,10-11H2,1-2H3. The Morgan fingerprint density at radius 1 is 1.32 bits per heavy atom. The highest BCUT2D eigenvalue weighted by Crippen LogP contribution is 2.31. The minimum absolute atomic E-state index is 0.142. The predicted molar refractivity (Wildman–Crippen MR) is 101 cm³/mol. The third-order valence-corrected chi connectivity index (χ3v) is 7.79. The summed E-state index contributed by atoms with van der Waals surface area (Å²) in [6, 6.07) is 8.98. The number of halogens is 1. The van der Waals surface area contributed by atoms with Gasteiger partial charge in [0.1, 0.15) is 4.21 Å². The number of rotatable bonds is 4. The van der Waals surface area contributed by atoms with Crippen LogP contribution in [0.2, 0.25) is 4.34 Å². The summed E-state index contributed by atoms with van der Waals surface area (Å²) < 4.78 is 26.8. The van der Waals surface area contributed by atoms with Gasteiger partial charge in [0.2, 0.25) is 5.91 Å². The number of thiophene rings is 1. The van der Waals surface area contributed by atoms with Gasteiger partial charge in [0, 0.05) is 19.3 Å². The highest BCUT2D eigenvalue weighted by atomic mass is 35.5. The van der Waals surface area contributed by atoms with Gasteiger partial charge < -0.3 is 4.90 Å². The van der Waals surface area contributed by atoms with Gasteiger partial charge >= 0.3 is 0 Å². The molecule has 0 atom stereocenters. The predicted octanol–water partition coefficient (Wildman–Crippen LogP) is 3.31. The van der Waals surface area contributed by atoms with E-state index in [1.165, 1.54) is 13.1 Å². The SMILES string of the molecule is Cc1cccc2c1N(C(=O)CN(C)S(=O)(=O)c1ccc(Cl)s1)CCC2. The lowest BCUT2D eigenvalue weighted by Gasteiger charge is -2.32. The molecule has 0 aliphatic carbocycles. The fourth-order valence-electron chi connectivity index (χ4n) is 3.05. The second-order valence-corrected chi connectivity index (χ2v) is 10.0. The van der Waals surface area contributed by atoms with Gasteiger partial charge in [0.05, 0.1) is 10.9 Å². The van der Waals surface area contributed by atoms with Gasteiger partial charge in [0.15, 0.2) is 0 Å². The summed E-state index contributed by atoms with van der Waals surface area (Å²) in [5.41, 5.74) is 3.08. The van der Waals surface area contributed by atoms with Crippen LogP contribution in [0.4, 0.5) is 5.69 Å². The second kappa shape index (κ2) is 7.07. The smallest absolute Gasteiger partial charge is 0.252 e. The summed E-state index contributed by atoms with van der Waals surface area (Å²) in [4.78, 5) is 14.5. The first-order valence-electron chi connectivity index (χ1n) is 7.91. The molecule has 0 spiro atoms. The van der Waals surface area contributed by atoms with Crippen LogP contribution >= 0.6 is 22.9 Å². The third-order valence-electron chi connectivity index (χ3n) is 4.29. The van der Waals surface area contributed by atoms with Crippen molar-refractivity contribution in [1.29, 1.82) is 0 Å². The molecule has 2 aromatic rings. The van der Waals surface area contributed by atoms with E-state index in [4.69, 9.17) is 11.6 Å². The molecule has 134 valence electrons. The molecule has 0 saturated carbocycles. The average molecular weight is 399 g/mol. The lowest BCUT2D eigenvalue weighted by atomic mass is 9.98. The topological polar surface area (TPSA) is 57.7 Å². The van der Waals surface area contributed by atoms with Crippen molar-refractivity contribution >= 4 is 44.6 Å². The van der Waals surface area contributed by atoms with E-state index in [2.05, 4.69) is 0 Å². The molecule has 3 rings (SSSR count). The van der Waals surface area contributed by atoms with E-state index < -0.39 is 10.0 Å². The Morgan fingerprint density at radius 2 is 2.08 bits per heavy atom. The van der Waals surface area contributed by atoms with Crippen molar-refractivity contribution in [3.8, 4) is 0 Å². The molecule has 0 bridgehead atoms. The summed E-state index contributed by atoms with van der Waals surface area (Å²) >= 11 is 6.82. The largest absolute Gasteiger partial charge is 0.311 e. The van der Waals surface area contributed by atoms with Crippen molar-refractivity contribution in [2.45, 2.75) is 24.0 Å². The van der Waals surface area contributed by atoms with Gasteiger partial charge in [-0.3, -0.25) is 4.79 Å². The maximum absolute atomic E-state index is 12.8. The zero-order valence-corrected chi connectivity index (χ0v) is 16.4. The minimum atomic E-state index is -3.72. The van der Waals surface area contributed by atoms with Gasteiger partial charge in [0.25, 0.3) is 10.0 Å². The molecule has 0 N–H and O–H groups in total. The van der Waals surface area contributed by atoms with Crippen LogP contribution in [-0.2, 0) is 21.2 Å². The summed E-state index contributed by atoms with van der Waals surface area (Å²) in [6.45, 7) is 2.37. The molecule has 1 amide bonds. The number of carbonyl (C=O) groups is 1. The summed E-state index contributed by atoms with van der Waals surface area (Å²) in [5.74, 6) is -0.219. The van der Waals surface area contributed by atoms with E-state index in [0.29, 0.717) is 10.9 Å². The van der Waals surface area contributed by atoms with Crippen LogP contribution in [-0.4, -0.2) is 38.8 Å². The highest BCUT2D eigenvalue weighted by Gasteiger charge is 2.29. The van der Waals surface area contributed by atoms with Crippen LogP contribution in [0.3, 0.4) is 0 Å². The number of nitrogens with zero attached hydrogens (tertiary/aromatic N) is 2. The fourth-order valence-corrected chi connectivity index (χ4v) is 5.86. The second-order valence-electron chi connectivity index (χ2n) is 6.05. The van der Waals surface area contributed by atoms with E-state index in [9.17, 15) is 13.2 Å². The van der Waals surface area contributed by atoms with Crippen LogP contribution in [0, 0.1) is 6.92 Å². The van der Waals surface area contributed by atoms with Crippen LogP contribution < -0.4 is 4.90 Å². The first-order chi connectivity index (χ1) is 11.8. The molecule has 0 saturated heterocycles. The van der Waals surface area contributed by atoms with E-state index in [0.717, 1.165) is 45.3 Å². The monoisotopic (exact) mass is 398 g/mol. The Labute approximate surface area is 156 Å². The Kier molecular flexibility index (Phi) is 5.20. The summed E-state index contributed by atoms with van der Waals surface area (Å²) in [5, 5.41) is 0. The number of aryl methyl sites for hydroxylation is 2. The molecular weight excluding hydrogens is 380 g/mol. The van der Waals surface area contributed by atoms with Gasteiger partial charge in [-0.25, -0.2) is 8.42 Å². The third kappa shape index (κ3) is 3.60. The quantitative estimate of drug-likeness (QED) is 0.793. The van der Waals surface area contributed by atoms with Crippen molar-refractivity contribution in [3.63, 3.8) is 0 Å². The molecule has 25 heavy (non-hydrogen) atoms. The normalized spacial score (nSPS) is 14.6. The maximum atomic E-state index is 12.8. The van der Waals surface area contributed by atoms with Crippen LogP contribution in [0.5, 0.6) is 0 Å². The fraction of sp³-hybridized carbons (Fsp3) is 0.353. The molecular formula is C17H19ClN2O3S2. The zero-order valence-electron chi connectivity index (χ0n) is 14.0. The van der Waals surface area contributed by atoms with E-state index in [-0.39, 0.29) is 16.7 Å². The number of anilines is 1. The van der Waals surface area contributed by atoms with Gasteiger partial charge in [-0.15, -0.1) is 11.3 Å². The zero-order chi connectivity index (χ0) is 18.2. The molecule has 1 aromatic carbocycles. The van der Waals surface area contributed by atoms with Crippen molar-refractivity contribution in [1.82, 2.24) is 4.31 Å². The van der Waals surface area contributed by atoms with E-state index in [1.807, 2.05) is 25.1 Å². The average Bonchev–Trinajstić information content (AvgIpc) is 3.01. The van der Waals surface area contributed by atoms with Crippen molar-refractivity contribution in [3.05, 3.63) is 45.8 Å². The number of amides is 1. The number of hydrogen-bond acceptors (Lipinski definition) is 4. The number of para-hydroxylation sites is 1. The van der Waals surface area contributed by atoms with E-state index >= 15 is 0 Å². The molecule has 1 aliphatic rings. The van der Waals surface area contributed by atoms with Crippen LogP contribution in [0.1, 0.15) is 17.5 Å². The van der Waals surface area contributed by atoms with Crippen molar-refractivity contribution in [2.24, 2.45) is 0 Å². The molecule has 1 aliphatic heterocycles. The molecule has 1 aromatic heterocycles. The summed E-state index contributed by atoms with van der Waals surface area (Å²) in [6.07, 6.45) is 1.81. The Bertz CT molecular complexity index is 908. The van der Waals surface area contributed by atoms with Gasteiger partial charge in [-0.2, -0.15) is 4.31 Å². The molecule has 0 radical (unpaired) electrons. The number of likely N-dealkylation sites (N-methyl/N-ethyl adjacent to an activating group) is 1. The van der Waals surface area contributed by atoms with Crippen LogP contribution in [0.15, 0.2) is 34.5 Å². The van der Waals surface area contributed by atoms with Crippen molar-refractivity contribution < 1.29 is 13.2 Å². The van der Waals surface area contributed by atoms with Gasteiger partial charge in [-0.1, -0.05) is 29.8 Å². The highest BCUT2D eigenvalue weighted by molar-refractivity contribution is 7.91. The first kappa shape index (κ1) is 18.4. The lowest BCUT2D eigenvalue weighted by Crippen LogP contribution is -2.43. The van der Waals surface area contributed by atoms with Crippen LogP contribution in [0.25, 0.3) is 0 Å². The van der Waals surface area contributed by atoms with Gasteiger partial charge in [-0.05, 0) is 43.0 Å².